The van der Waals surface area contributed by atoms with Crippen molar-refractivity contribution in [3.63, 3.8) is 0 Å². The predicted molar refractivity (Wildman–Crippen MR) is 211 cm³/mol. The summed E-state index contributed by atoms with van der Waals surface area (Å²) in [6, 6.07) is 70.4. The van der Waals surface area contributed by atoms with Gasteiger partial charge in [-0.3, -0.25) is 0 Å². The zero-order valence-corrected chi connectivity index (χ0v) is 27.4. The lowest BCUT2D eigenvalue weighted by Gasteiger charge is -2.12. The normalized spacial score (nSPS) is 11.6. The summed E-state index contributed by atoms with van der Waals surface area (Å²) in [5.74, 6) is 0. The Bertz CT molecular complexity index is 2840. The van der Waals surface area contributed by atoms with Crippen molar-refractivity contribution in [3.05, 3.63) is 194 Å². The van der Waals surface area contributed by atoms with Crippen LogP contribution in [-0.4, -0.2) is 9.13 Å². The van der Waals surface area contributed by atoms with Gasteiger partial charge in [-0.1, -0.05) is 140 Å². The van der Waals surface area contributed by atoms with E-state index in [4.69, 9.17) is 0 Å². The molecule has 0 saturated heterocycles. The van der Waals surface area contributed by atoms with Gasteiger partial charge in [-0.25, -0.2) is 0 Å². The van der Waals surface area contributed by atoms with Gasteiger partial charge in [0.05, 0.1) is 22.1 Å². The van der Waals surface area contributed by atoms with Gasteiger partial charge in [-0.15, -0.1) is 0 Å². The van der Waals surface area contributed by atoms with E-state index in [9.17, 15) is 0 Å². The Morgan fingerprint density at radius 2 is 0.720 bits per heavy atom. The van der Waals surface area contributed by atoms with E-state index >= 15 is 0 Å². The van der Waals surface area contributed by atoms with E-state index in [2.05, 4.69) is 203 Å². The number of para-hydroxylation sites is 2. The fourth-order valence-corrected chi connectivity index (χ4v) is 7.94. The topological polar surface area (TPSA) is 9.86 Å². The van der Waals surface area contributed by atoms with Gasteiger partial charge in [0.1, 0.15) is 0 Å². The Kier molecular flexibility index (Phi) is 6.53. The predicted octanol–water partition coefficient (Wildman–Crippen LogP) is 12.9. The van der Waals surface area contributed by atoms with Crippen molar-refractivity contribution in [2.75, 3.05) is 0 Å². The average molecular weight is 637 g/mol. The lowest BCUT2D eigenvalue weighted by atomic mass is 9.94. The Morgan fingerprint density at radius 3 is 1.40 bits per heavy atom. The van der Waals surface area contributed by atoms with E-state index in [1.54, 1.807) is 0 Å². The second kappa shape index (κ2) is 11.5. The number of nitrogens with zero attached hydrogens (tertiary/aromatic N) is 2. The fraction of sp³-hybridized carbons (Fsp3) is 0. The molecule has 0 N–H and O–H groups in total. The summed E-state index contributed by atoms with van der Waals surface area (Å²) >= 11 is 0. The van der Waals surface area contributed by atoms with Crippen molar-refractivity contribution < 1.29 is 0 Å². The van der Waals surface area contributed by atoms with Crippen LogP contribution in [0.25, 0.3) is 88.4 Å². The highest BCUT2D eigenvalue weighted by molar-refractivity contribution is 6.22. The molecule has 2 heterocycles. The molecule has 2 aromatic heterocycles. The van der Waals surface area contributed by atoms with Gasteiger partial charge in [0, 0.05) is 32.9 Å². The van der Waals surface area contributed by atoms with Gasteiger partial charge < -0.3 is 9.13 Å². The van der Waals surface area contributed by atoms with E-state index in [1.807, 2.05) is 0 Å². The molecule has 2 heteroatoms. The van der Waals surface area contributed by atoms with Crippen LogP contribution >= 0.6 is 0 Å². The Labute approximate surface area is 290 Å². The molecule has 0 aliphatic carbocycles. The highest BCUT2D eigenvalue weighted by atomic mass is 15.0. The van der Waals surface area contributed by atoms with E-state index in [-0.39, 0.29) is 0 Å². The SMILES string of the molecule is c1ccc(-c2cccc(-n3c4ccccc4c4c(-c5cccc6c5c5cc(-c7ccccc7)ccc5n6-c5ccccc5)cccc43)c2)cc1. The summed E-state index contributed by atoms with van der Waals surface area (Å²) < 4.78 is 4.85. The molecular formula is C48H32N2. The van der Waals surface area contributed by atoms with Crippen LogP contribution in [-0.2, 0) is 0 Å². The molecule has 0 bridgehead atoms. The van der Waals surface area contributed by atoms with Crippen LogP contribution in [0.15, 0.2) is 194 Å². The third kappa shape index (κ3) is 4.43. The van der Waals surface area contributed by atoms with Crippen molar-refractivity contribution in [1.29, 1.82) is 0 Å². The summed E-state index contributed by atoms with van der Waals surface area (Å²) in [7, 11) is 0. The number of hydrogen-bond acceptors (Lipinski definition) is 0. The molecule has 0 radical (unpaired) electrons. The molecule has 0 fully saturated rings. The van der Waals surface area contributed by atoms with Gasteiger partial charge in [-0.05, 0) is 88.0 Å². The number of rotatable bonds is 5. The van der Waals surface area contributed by atoms with E-state index < -0.39 is 0 Å². The molecule has 0 unspecified atom stereocenters. The number of benzene rings is 8. The molecule has 8 aromatic carbocycles. The molecule has 2 nitrogen and oxygen atoms in total. The van der Waals surface area contributed by atoms with Crippen LogP contribution in [0.3, 0.4) is 0 Å². The summed E-state index contributed by atoms with van der Waals surface area (Å²) in [6.07, 6.45) is 0. The molecular weight excluding hydrogens is 605 g/mol. The van der Waals surface area contributed by atoms with Crippen molar-refractivity contribution in [2.45, 2.75) is 0 Å². The summed E-state index contributed by atoms with van der Waals surface area (Å²) in [5.41, 5.74) is 14.4. The first-order valence-electron chi connectivity index (χ1n) is 17.2. The van der Waals surface area contributed by atoms with Crippen molar-refractivity contribution in [1.82, 2.24) is 9.13 Å². The lowest BCUT2D eigenvalue weighted by molar-refractivity contribution is 1.18. The zero-order chi connectivity index (χ0) is 33.0. The van der Waals surface area contributed by atoms with Crippen LogP contribution in [0.4, 0.5) is 0 Å². The first-order valence-corrected chi connectivity index (χ1v) is 17.2. The van der Waals surface area contributed by atoms with Gasteiger partial charge in [-0.2, -0.15) is 0 Å². The molecule has 0 spiro atoms. The maximum atomic E-state index is 2.43. The first kappa shape index (κ1) is 28.4. The maximum Gasteiger partial charge on any atom is 0.0547 e. The minimum Gasteiger partial charge on any atom is -0.309 e. The smallest absolute Gasteiger partial charge is 0.0547 e. The molecule has 10 aromatic rings. The molecule has 50 heavy (non-hydrogen) atoms. The summed E-state index contributed by atoms with van der Waals surface area (Å²) in [4.78, 5) is 0. The fourth-order valence-electron chi connectivity index (χ4n) is 7.94. The largest absolute Gasteiger partial charge is 0.309 e. The van der Waals surface area contributed by atoms with E-state index in [0.717, 1.165) is 11.4 Å². The van der Waals surface area contributed by atoms with Gasteiger partial charge in [0.25, 0.3) is 0 Å². The number of fused-ring (bicyclic) bond motifs is 6. The Hall–Kier alpha value is -6.64. The number of aromatic nitrogens is 2. The second-order valence-corrected chi connectivity index (χ2v) is 12.9. The monoisotopic (exact) mass is 636 g/mol. The third-order valence-electron chi connectivity index (χ3n) is 10.1. The van der Waals surface area contributed by atoms with Crippen molar-refractivity contribution in [3.8, 4) is 44.8 Å². The Morgan fingerprint density at radius 1 is 0.260 bits per heavy atom. The van der Waals surface area contributed by atoms with Crippen molar-refractivity contribution in [2.24, 2.45) is 0 Å². The first-order chi connectivity index (χ1) is 24.8. The molecule has 0 aliphatic heterocycles. The minimum atomic E-state index is 1.15. The van der Waals surface area contributed by atoms with Crippen LogP contribution in [0.1, 0.15) is 0 Å². The summed E-state index contributed by atoms with van der Waals surface area (Å²) in [6.45, 7) is 0. The molecule has 234 valence electrons. The quantitative estimate of drug-likeness (QED) is 0.178. The van der Waals surface area contributed by atoms with Crippen LogP contribution in [0, 0.1) is 0 Å². The van der Waals surface area contributed by atoms with Crippen LogP contribution < -0.4 is 0 Å². The molecule has 0 aliphatic rings. The maximum absolute atomic E-state index is 2.43. The molecule has 0 amide bonds. The van der Waals surface area contributed by atoms with E-state index in [0.29, 0.717) is 0 Å². The third-order valence-corrected chi connectivity index (χ3v) is 10.1. The number of hydrogen-bond donors (Lipinski definition) is 0. The molecule has 0 atom stereocenters. The zero-order valence-electron chi connectivity index (χ0n) is 27.4. The van der Waals surface area contributed by atoms with Crippen LogP contribution in [0.5, 0.6) is 0 Å². The van der Waals surface area contributed by atoms with E-state index in [1.165, 1.54) is 77.0 Å². The molecule has 0 saturated carbocycles. The highest BCUT2D eigenvalue weighted by Gasteiger charge is 2.21. The standard InChI is InChI=1S/C48H32N2/c1-4-15-33(16-5-1)35-19-12-22-38(31-35)50-43-26-11-10-23-41(43)47-39(24-13-27-45(47)50)40-25-14-28-46-48(40)42-32-36(34-17-6-2-7-18-34)29-30-44(42)49(46)37-20-8-3-9-21-37/h1-32H. The van der Waals surface area contributed by atoms with Gasteiger partial charge in [0.2, 0.25) is 0 Å². The highest BCUT2D eigenvalue weighted by Crippen LogP contribution is 2.44. The second-order valence-electron chi connectivity index (χ2n) is 12.9. The minimum absolute atomic E-state index is 1.15. The Balaban J connectivity index is 1.28. The van der Waals surface area contributed by atoms with Crippen LogP contribution in [0.2, 0.25) is 0 Å². The van der Waals surface area contributed by atoms with Gasteiger partial charge >= 0.3 is 0 Å². The lowest BCUT2D eigenvalue weighted by Crippen LogP contribution is -1.94. The molecule has 10 rings (SSSR count). The van der Waals surface area contributed by atoms with Gasteiger partial charge in [0.15, 0.2) is 0 Å². The average Bonchev–Trinajstić information content (AvgIpc) is 3.72. The summed E-state index contributed by atoms with van der Waals surface area (Å²) in [5, 5.41) is 5.02. The van der Waals surface area contributed by atoms with Crippen molar-refractivity contribution >= 4 is 43.6 Å².